The van der Waals surface area contributed by atoms with Crippen LogP contribution >= 0.6 is 47.0 Å². The van der Waals surface area contributed by atoms with E-state index in [1.807, 2.05) is 81.0 Å². The molecule has 2 aliphatic rings. The molecule has 3 aromatic rings. The number of rotatable bonds is 12. The lowest BCUT2D eigenvalue weighted by Crippen LogP contribution is -2.50. The molecule has 1 saturated heterocycles. The van der Waals surface area contributed by atoms with E-state index >= 15 is 0 Å². The van der Waals surface area contributed by atoms with Crippen molar-refractivity contribution >= 4 is 64.0 Å². The summed E-state index contributed by atoms with van der Waals surface area (Å²) < 4.78 is 21.1. The van der Waals surface area contributed by atoms with Gasteiger partial charge in [0.2, 0.25) is 0 Å². The average molecular weight is 785 g/mol. The molecule has 46 heavy (non-hydrogen) atoms. The van der Waals surface area contributed by atoms with Gasteiger partial charge in [-0.25, -0.2) is 7.31 Å². The number of pyridine rings is 1. The number of carbonyl (C=O) groups is 1. The minimum Gasteiger partial charge on any atom is -0.489 e. The van der Waals surface area contributed by atoms with Gasteiger partial charge in [-0.1, -0.05) is 13.8 Å². The van der Waals surface area contributed by atoms with E-state index in [4.69, 9.17) is 12.0 Å². The summed E-state index contributed by atoms with van der Waals surface area (Å²) in [5, 5.41) is 0.881. The summed E-state index contributed by atoms with van der Waals surface area (Å²) in [5.74, 6) is 1.45. The fourth-order valence-corrected chi connectivity index (χ4v) is 7.15. The predicted octanol–water partition coefficient (Wildman–Crippen LogP) is 8.41. The summed E-state index contributed by atoms with van der Waals surface area (Å²) in [6.45, 7) is 13.9. The summed E-state index contributed by atoms with van der Waals surface area (Å²) >= 11 is 4.65. The first kappa shape index (κ1) is 37.0. The molecule has 1 aliphatic heterocycles. The number of fused-ring (bicyclic) bond motifs is 1. The van der Waals surface area contributed by atoms with Crippen LogP contribution in [0, 0.1) is 5.92 Å². The molecule has 1 atom stereocenters. The molecule has 1 amide bonds. The Bertz CT molecular complexity index is 1510. The zero-order valence-electron chi connectivity index (χ0n) is 28.2. The molecule has 2 fully saturated rings. The first-order valence-corrected chi connectivity index (χ1v) is 19.1. The number of amides is 1. The lowest BCUT2D eigenvalue weighted by Gasteiger charge is -2.35. The molecular formula is C34H49IN4O5S2. The topological polar surface area (TPSA) is 78.2 Å². The quantitative estimate of drug-likeness (QED) is 0.0785. The highest BCUT2D eigenvalue weighted by molar-refractivity contribution is 14.1. The third kappa shape index (κ3) is 9.61. The molecule has 0 bridgehead atoms. The number of hydrogen-bond donors (Lipinski definition) is 0. The zero-order valence-corrected chi connectivity index (χ0v) is 32.0. The van der Waals surface area contributed by atoms with E-state index in [2.05, 4.69) is 29.4 Å². The number of thioether (sulfide) groups is 1. The van der Waals surface area contributed by atoms with E-state index in [-0.39, 0.29) is 17.8 Å². The third-order valence-corrected chi connectivity index (χ3v) is 9.97. The molecule has 254 valence electrons. The number of halogens is 1. The van der Waals surface area contributed by atoms with Gasteiger partial charge in [-0.2, -0.15) is 0 Å². The van der Waals surface area contributed by atoms with Crippen LogP contribution in [0.5, 0.6) is 5.75 Å². The summed E-state index contributed by atoms with van der Waals surface area (Å²) in [6.07, 6.45) is 11.4. The van der Waals surface area contributed by atoms with Gasteiger partial charge in [0.25, 0.3) is 5.56 Å². The molecule has 0 spiro atoms. The maximum Gasteiger partial charge on any atom is 0.410 e. The monoisotopic (exact) mass is 784 g/mol. The molecule has 0 N–H and O–H groups in total. The highest BCUT2D eigenvalue weighted by Gasteiger charge is 2.33. The second kappa shape index (κ2) is 17.0. The summed E-state index contributed by atoms with van der Waals surface area (Å²) in [5.41, 5.74) is 2.04. The summed E-state index contributed by atoms with van der Waals surface area (Å²) in [4.78, 5) is 30.9. The van der Waals surface area contributed by atoms with E-state index in [9.17, 15) is 9.59 Å². The van der Waals surface area contributed by atoms with Crippen molar-refractivity contribution in [3.63, 3.8) is 0 Å². The second-order valence-electron chi connectivity index (χ2n) is 12.7. The fraction of sp³-hybridized carbons (Fsp3) is 0.588. The van der Waals surface area contributed by atoms with Crippen molar-refractivity contribution in [3.05, 3.63) is 47.0 Å². The minimum atomic E-state index is -0.465. The largest absolute Gasteiger partial charge is 0.489 e. The Hall–Kier alpha value is -1.87. The van der Waals surface area contributed by atoms with E-state index < -0.39 is 5.60 Å². The zero-order chi connectivity index (χ0) is 33.4. The number of aromatic nitrogens is 2. The van der Waals surface area contributed by atoms with Crippen LogP contribution in [0.15, 0.2) is 46.3 Å². The number of ether oxygens (including phenoxy) is 2. The van der Waals surface area contributed by atoms with Gasteiger partial charge in [-0.3, -0.25) is 13.7 Å². The molecule has 9 nitrogen and oxygen atoms in total. The number of piperazine rings is 1. The van der Waals surface area contributed by atoms with Crippen molar-refractivity contribution in [3.8, 4) is 16.9 Å². The van der Waals surface area contributed by atoms with Gasteiger partial charge < -0.3 is 18.9 Å². The van der Waals surface area contributed by atoms with Crippen molar-refractivity contribution < 1.29 is 16.8 Å². The van der Waals surface area contributed by atoms with Gasteiger partial charge in [0.15, 0.2) is 0 Å². The molecule has 1 aliphatic carbocycles. The van der Waals surface area contributed by atoms with Crippen molar-refractivity contribution in [1.29, 1.82) is 0 Å². The Kier molecular flexibility index (Phi) is 13.6. The smallest absolute Gasteiger partial charge is 0.410 e. The molecular weight excluding hydrogens is 735 g/mol. The number of benzene rings is 1. The molecule has 5 rings (SSSR count). The van der Waals surface area contributed by atoms with Gasteiger partial charge >= 0.3 is 6.09 Å². The molecule has 2 aromatic heterocycles. The molecule has 1 saturated carbocycles. The Morgan fingerprint density at radius 3 is 2.41 bits per heavy atom. The predicted molar refractivity (Wildman–Crippen MR) is 199 cm³/mol. The maximum atomic E-state index is 13.1. The van der Waals surface area contributed by atoms with Crippen LogP contribution in [0.2, 0.25) is 0 Å². The maximum absolute atomic E-state index is 13.1. The number of carbonyl (C=O) groups excluding carboxylic acids is 1. The van der Waals surface area contributed by atoms with Crippen molar-refractivity contribution in [1.82, 2.24) is 18.3 Å². The van der Waals surface area contributed by atoms with Gasteiger partial charge in [0.1, 0.15) is 58.2 Å². The van der Waals surface area contributed by atoms with Gasteiger partial charge in [0, 0.05) is 67.0 Å². The van der Waals surface area contributed by atoms with Crippen molar-refractivity contribution in [2.75, 3.05) is 39.0 Å². The van der Waals surface area contributed by atoms with Crippen LogP contribution in [0.4, 0.5) is 4.79 Å². The van der Waals surface area contributed by atoms with Crippen LogP contribution in [0.25, 0.3) is 22.0 Å². The van der Waals surface area contributed by atoms with Crippen LogP contribution in [-0.2, 0) is 14.3 Å². The van der Waals surface area contributed by atoms with E-state index in [1.165, 1.54) is 12.8 Å². The number of aryl methyl sites for hydroxylation is 1. The number of hydrogen-bond acceptors (Lipinski definition) is 8. The first-order valence-electron chi connectivity index (χ1n) is 16.3. The average Bonchev–Trinajstić information content (AvgIpc) is 3.81. The SMILES string of the molecule is CC.CSc1ccc(OC(CCCCN2CCN(C(=O)OC(C)(C)C)CC2)C2CC2)c(-c2cn(C)c(=O)c3c2ccn3SOI)c1. The molecule has 12 heteroatoms. The number of nitrogens with zero attached hydrogens (tertiary/aromatic N) is 4. The summed E-state index contributed by atoms with van der Waals surface area (Å²) in [6, 6.07) is 8.38. The van der Waals surface area contributed by atoms with Gasteiger partial charge in [-0.05, 0) is 95.9 Å². The lowest BCUT2D eigenvalue weighted by molar-refractivity contribution is 0.0143. The molecule has 1 unspecified atom stereocenters. The fourth-order valence-electron chi connectivity index (χ4n) is 5.77. The highest BCUT2D eigenvalue weighted by Crippen LogP contribution is 2.42. The Balaban J connectivity index is 0.00000235. The van der Waals surface area contributed by atoms with Crippen LogP contribution in [0.1, 0.15) is 66.7 Å². The first-order chi connectivity index (χ1) is 22.1. The second-order valence-corrected chi connectivity index (χ2v) is 15.3. The lowest BCUT2D eigenvalue weighted by atomic mass is 10.0. The highest BCUT2D eigenvalue weighted by atomic mass is 127. The van der Waals surface area contributed by atoms with Crippen molar-refractivity contribution in [2.24, 2.45) is 13.0 Å². The molecule has 1 aromatic carbocycles. The van der Waals surface area contributed by atoms with E-state index in [0.717, 1.165) is 78.3 Å². The van der Waals surface area contributed by atoms with Gasteiger partial charge in [0.05, 0.1) is 0 Å². The van der Waals surface area contributed by atoms with Crippen LogP contribution in [0.3, 0.4) is 0 Å². The van der Waals surface area contributed by atoms with E-state index in [0.29, 0.717) is 24.5 Å². The third-order valence-electron chi connectivity index (χ3n) is 8.24. The minimum absolute atomic E-state index is 0.0692. The Morgan fingerprint density at radius 1 is 1.07 bits per heavy atom. The molecule has 0 radical (unpaired) electrons. The number of unbranched alkanes of at least 4 members (excludes halogenated alkanes) is 1. The van der Waals surface area contributed by atoms with Crippen LogP contribution in [-0.4, -0.2) is 75.1 Å². The Morgan fingerprint density at radius 2 is 1.78 bits per heavy atom. The van der Waals surface area contributed by atoms with Gasteiger partial charge in [-0.15, -0.1) is 11.8 Å². The standard InChI is InChI=1S/C32H43IN4O5S2.C2H6/c1-32(2,3)41-31(39)36-18-16-35(17-19-36)14-7-6-8-27(22-9-10-22)40-28-12-11-23(43-5)20-25(28)26-21-34(4)30(38)29-24(26)13-15-37(29)44-42-33;1-2/h11-13,15,20-22,27H,6-10,14,16-19H2,1-5H3;1-2H3. The van der Waals surface area contributed by atoms with Crippen LogP contribution < -0.4 is 10.3 Å². The normalized spacial score (nSPS) is 16.2. The molecule has 3 heterocycles. The summed E-state index contributed by atoms with van der Waals surface area (Å²) in [7, 11) is 1.79. The van der Waals surface area contributed by atoms with E-state index in [1.54, 1.807) is 27.3 Å². The van der Waals surface area contributed by atoms with Crippen molar-refractivity contribution in [2.45, 2.75) is 83.3 Å². The Labute approximate surface area is 296 Å².